The number of hydrogen-bond acceptors (Lipinski definition) is 3. The van der Waals surface area contributed by atoms with E-state index in [0.29, 0.717) is 11.0 Å². The van der Waals surface area contributed by atoms with Crippen LogP contribution in [0.2, 0.25) is 0 Å². The third-order valence-electron chi connectivity index (χ3n) is 4.06. The van der Waals surface area contributed by atoms with E-state index in [4.69, 9.17) is 5.11 Å². The van der Waals surface area contributed by atoms with Crippen LogP contribution in [0.1, 0.15) is 17.7 Å². The molecule has 0 saturated heterocycles. The first kappa shape index (κ1) is 15.0. The summed E-state index contributed by atoms with van der Waals surface area (Å²) in [5, 5.41) is 9.33. The van der Waals surface area contributed by atoms with Gasteiger partial charge in [-0.2, -0.15) is 0 Å². The van der Waals surface area contributed by atoms with Crippen LogP contribution in [0.25, 0.3) is 16.7 Å². The summed E-state index contributed by atoms with van der Waals surface area (Å²) in [6.45, 7) is 3.96. The first-order valence-electron chi connectivity index (χ1n) is 7.35. The first-order valence-corrected chi connectivity index (χ1v) is 7.35. The fraction of sp³-hybridized carbons (Fsp3) is 0.235. The molecule has 6 heteroatoms. The lowest BCUT2D eigenvalue weighted by Crippen LogP contribution is -2.22. The number of carboxylic acid groups (broad SMARTS) is 1. The number of carbonyl (C=O) groups is 1. The van der Waals surface area contributed by atoms with Gasteiger partial charge in [-0.25, -0.2) is 4.98 Å². The van der Waals surface area contributed by atoms with Gasteiger partial charge in [-0.3, -0.25) is 18.7 Å². The highest BCUT2D eigenvalue weighted by Gasteiger charge is 2.17. The molecule has 23 heavy (non-hydrogen) atoms. The second-order valence-corrected chi connectivity index (χ2v) is 5.47. The fourth-order valence-corrected chi connectivity index (χ4v) is 2.75. The Morgan fingerprint density at radius 2 is 1.91 bits per heavy atom. The van der Waals surface area contributed by atoms with Gasteiger partial charge >= 0.3 is 5.97 Å². The Hall–Kier alpha value is -2.89. The van der Waals surface area contributed by atoms with Gasteiger partial charge in [0.15, 0.2) is 5.65 Å². The van der Waals surface area contributed by atoms with Crippen LogP contribution in [0.3, 0.4) is 0 Å². The smallest absolute Gasteiger partial charge is 0.305 e. The van der Waals surface area contributed by atoms with E-state index in [1.165, 1.54) is 10.9 Å². The molecular weight excluding hydrogens is 294 g/mol. The molecule has 0 spiro atoms. The van der Waals surface area contributed by atoms with Crippen molar-refractivity contribution in [3.8, 4) is 5.69 Å². The maximum Gasteiger partial charge on any atom is 0.305 e. The summed E-state index contributed by atoms with van der Waals surface area (Å²) in [5.74, 6) is -0.938. The molecule has 0 bridgehead atoms. The summed E-state index contributed by atoms with van der Waals surface area (Å²) < 4.78 is 3.31. The van der Waals surface area contributed by atoms with Crippen LogP contribution in [0.5, 0.6) is 0 Å². The van der Waals surface area contributed by atoms with Crippen molar-refractivity contribution >= 4 is 17.0 Å². The Bertz CT molecular complexity index is 939. The van der Waals surface area contributed by atoms with Gasteiger partial charge < -0.3 is 5.11 Å². The molecular formula is C17H17N3O3. The number of carboxylic acids is 1. The largest absolute Gasteiger partial charge is 0.481 e. The Morgan fingerprint density at radius 1 is 1.22 bits per heavy atom. The van der Waals surface area contributed by atoms with Crippen LogP contribution in [0.4, 0.5) is 0 Å². The summed E-state index contributed by atoms with van der Waals surface area (Å²) in [6.07, 6.45) is 1.32. The molecule has 3 aromatic rings. The Balaban J connectivity index is 2.23. The van der Waals surface area contributed by atoms with E-state index in [2.05, 4.69) is 4.98 Å². The van der Waals surface area contributed by atoms with Crippen LogP contribution >= 0.6 is 0 Å². The average Bonchev–Trinajstić information content (AvgIpc) is 2.79. The number of aryl methyl sites for hydroxylation is 2. The first-order chi connectivity index (χ1) is 11.0. The van der Waals surface area contributed by atoms with Gasteiger partial charge in [0.2, 0.25) is 0 Å². The lowest BCUT2D eigenvalue weighted by Gasteiger charge is -2.08. The number of benzene rings is 1. The molecule has 0 fully saturated rings. The van der Waals surface area contributed by atoms with Gasteiger partial charge in [0, 0.05) is 17.9 Å². The van der Waals surface area contributed by atoms with Crippen molar-refractivity contribution in [2.24, 2.45) is 0 Å². The third-order valence-corrected chi connectivity index (χ3v) is 4.06. The summed E-state index contributed by atoms with van der Waals surface area (Å²) in [4.78, 5) is 27.8. The zero-order valence-electron chi connectivity index (χ0n) is 13.0. The molecule has 0 atom stereocenters. The molecule has 0 aliphatic carbocycles. The van der Waals surface area contributed by atoms with Gasteiger partial charge in [0.1, 0.15) is 0 Å². The van der Waals surface area contributed by atoms with Crippen molar-refractivity contribution in [2.75, 3.05) is 0 Å². The summed E-state index contributed by atoms with van der Waals surface area (Å²) in [7, 11) is 0. The van der Waals surface area contributed by atoms with Crippen molar-refractivity contribution in [1.29, 1.82) is 0 Å². The van der Waals surface area contributed by atoms with E-state index in [1.54, 1.807) is 0 Å². The highest BCUT2D eigenvalue weighted by Crippen LogP contribution is 2.24. The molecule has 0 saturated carbocycles. The molecule has 1 N–H and O–H groups in total. The van der Waals surface area contributed by atoms with Gasteiger partial charge in [-0.15, -0.1) is 0 Å². The van der Waals surface area contributed by atoms with Gasteiger partial charge in [0.25, 0.3) is 5.56 Å². The topological polar surface area (TPSA) is 77.1 Å². The molecule has 0 radical (unpaired) electrons. The minimum Gasteiger partial charge on any atom is -0.481 e. The molecule has 0 amide bonds. The minimum absolute atomic E-state index is 0.107. The number of para-hydroxylation sites is 1. The van der Waals surface area contributed by atoms with E-state index < -0.39 is 5.97 Å². The second kappa shape index (κ2) is 5.72. The summed E-state index contributed by atoms with van der Waals surface area (Å²) in [6, 6.07) is 9.73. The molecule has 0 aliphatic heterocycles. The molecule has 6 nitrogen and oxygen atoms in total. The zero-order chi connectivity index (χ0) is 16.6. The lowest BCUT2D eigenvalue weighted by molar-refractivity contribution is -0.137. The van der Waals surface area contributed by atoms with Crippen LogP contribution in [0, 0.1) is 13.8 Å². The van der Waals surface area contributed by atoms with Crippen LogP contribution < -0.4 is 5.56 Å². The predicted octanol–water partition coefficient (Wildman–Crippen LogP) is 2.28. The standard InChI is InChI=1S/C17H17N3O3/c1-11-12(2)20(13-6-4-3-5-7-13)16-15(11)17(23)19(10-18-16)9-8-14(21)22/h3-7,10H,8-9H2,1-2H3,(H,21,22). The molecule has 3 rings (SSSR count). The van der Waals surface area contributed by atoms with E-state index in [1.807, 2.05) is 48.7 Å². The number of aliphatic carboxylic acids is 1. The predicted molar refractivity (Wildman–Crippen MR) is 87.1 cm³/mol. The van der Waals surface area contributed by atoms with Crippen molar-refractivity contribution in [3.05, 3.63) is 58.3 Å². The molecule has 1 aromatic carbocycles. The van der Waals surface area contributed by atoms with Crippen LogP contribution in [0.15, 0.2) is 41.5 Å². The number of rotatable bonds is 4. The number of aromatic nitrogens is 3. The Labute approximate surface area is 132 Å². The highest BCUT2D eigenvalue weighted by atomic mass is 16.4. The normalized spacial score (nSPS) is 11.0. The third kappa shape index (κ3) is 2.52. The van der Waals surface area contributed by atoms with Gasteiger partial charge in [0.05, 0.1) is 18.1 Å². The number of nitrogens with zero attached hydrogens (tertiary/aromatic N) is 3. The summed E-state index contributed by atoms with van der Waals surface area (Å²) >= 11 is 0. The zero-order valence-corrected chi connectivity index (χ0v) is 13.0. The minimum atomic E-state index is -0.938. The molecule has 2 aromatic heterocycles. The molecule has 0 aliphatic rings. The van der Waals surface area contributed by atoms with E-state index in [-0.39, 0.29) is 18.5 Å². The second-order valence-electron chi connectivity index (χ2n) is 5.47. The van der Waals surface area contributed by atoms with Crippen molar-refractivity contribution in [2.45, 2.75) is 26.8 Å². The van der Waals surface area contributed by atoms with E-state index in [9.17, 15) is 9.59 Å². The van der Waals surface area contributed by atoms with Crippen LogP contribution in [-0.4, -0.2) is 25.2 Å². The molecule has 0 unspecified atom stereocenters. The Kier molecular flexibility index (Phi) is 3.73. The van der Waals surface area contributed by atoms with Crippen molar-refractivity contribution in [1.82, 2.24) is 14.1 Å². The lowest BCUT2D eigenvalue weighted by atomic mass is 10.2. The SMILES string of the molecule is Cc1c(C)n(-c2ccccc2)c2ncn(CCC(=O)O)c(=O)c12. The number of hydrogen-bond donors (Lipinski definition) is 1. The van der Waals surface area contributed by atoms with Gasteiger partial charge in [-0.1, -0.05) is 18.2 Å². The average molecular weight is 311 g/mol. The molecule has 2 heterocycles. The quantitative estimate of drug-likeness (QED) is 0.802. The summed E-state index contributed by atoms with van der Waals surface area (Å²) in [5.41, 5.74) is 3.16. The maximum absolute atomic E-state index is 12.7. The molecule has 118 valence electrons. The van der Waals surface area contributed by atoms with E-state index >= 15 is 0 Å². The van der Waals surface area contributed by atoms with Crippen LogP contribution in [-0.2, 0) is 11.3 Å². The fourth-order valence-electron chi connectivity index (χ4n) is 2.75. The Morgan fingerprint density at radius 3 is 2.57 bits per heavy atom. The van der Waals surface area contributed by atoms with E-state index in [0.717, 1.165) is 16.9 Å². The van der Waals surface area contributed by atoms with Crippen molar-refractivity contribution in [3.63, 3.8) is 0 Å². The number of fused-ring (bicyclic) bond motifs is 1. The maximum atomic E-state index is 12.7. The highest BCUT2D eigenvalue weighted by molar-refractivity contribution is 5.82. The van der Waals surface area contributed by atoms with Gasteiger partial charge in [-0.05, 0) is 31.5 Å². The monoisotopic (exact) mass is 311 g/mol. The van der Waals surface area contributed by atoms with Crippen molar-refractivity contribution < 1.29 is 9.90 Å².